The quantitative estimate of drug-likeness (QED) is 0.840. The van der Waals surface area contributed by atoms with Gasteiger partial charge in [-0.2, -0.15) is 0 Å². The van der Waals surface area contributed by atoms with Crippen molar-refractivity contribution in [1.29, 1.82) is 0 Å². The van der Waals surface area contributed by atoms with Gasteiger partial charge in [0.15, 0.2) is 11.5 Å². The minimum atomic E-state index is -0.782. The predicted molar refractivity (Wildman–Crippen MR) is 67.1 cm³/mol. The van der Waals surface area contributed by atoms with Crippen molar-refractivity contribution in [2.24, 2.45) is 5.41 Å². The summed E-state index contributed by atoms with van der Waals surface area (Å²) in [6.45, 7) is 4.29. The molecule has 0 radical (unpaired) electrons. The third-order valence-electron chi connectivity index (χ3n) is 3.03. The molecule has 5 nitrogen and oxygen atoms in total. The lowest BCUT2D eigenvalue weighted by molar-refractivity contribution is -0.147. The van der Waals surface area contributed by atoms with Crippen LogP contribution in [0.4, 0.5) is 5.69 Å². The highest BCUT2D eigenvalue weighted by Gasteiger charge is 2.26. The first-order valence-corrected chi connectivity index (χ1v) is 5.86. The first-order chi connectivity index (χ1) is 8.49. The second kappa shape index (κ2) is 4.76. The molecule has 0 aromatic heterocycles. The molecule has 18 heavy (non-hydrogen) atoms. The Kier molecular flexibility index (Phi) is 3.32. The van der Waals surface area contributed by atoms with E-state index in [9.17, 15) is 4.79 Å². The Morgan fingerprint density at radius 2 is 2.11 bits per heavy atom. The minimum Gasteiger partial charge on any atom is -0.481 e. The lowest BCUT2D eigenvalue weighted by Crippen LogP contribution is -2.26. The standard InChI is InChI=1S/C13H17NO4/c1-13(2,12(15)16)5-6-14-9-3-4-10-11(7-9)18-8-17-10/h3-4,7,14H,5-6,8H2,1-2H3,(H,15,16). The van der Waals surface area contributed by atoms with Crippen LogP contribution in [0.1, 0.15) is 20.3 Å². The molecule has 5 heteroatoms. The number of benzene rings is 1. The van der Waals surface area contributed by atoms with Crippen LogP contribution in [0, 0.1) is 5.41 Å². The topological polar surface area (TPSA) is 67.8 Å². The van der Waals surface area contributed by atoms with Crippen LogP contribution in [0.25, 0.3) is 0 Å². The summed E-state index contributed by atoms with van der Waals surface area (Å²) < 4.78 is 10.5. The van der Waals surface area contributed by atoms with E-state index in [1.165, 1.54) is 0 Å². The van der Waals surface area contributed by atoms with Crippen molar-refractivity contribution in [3.63, 3.8) is 0 Å². The molecule has 0 amide bonds. The Labute approximate surface area is 106 Å². The molecule has 0 aliphatic carbocycles. The highest BCUT2D eigenvalue weighted by Crippen LogP contribution is 2.34. The van der Waals surface area contributed by atoms with Crippen molar-refractivity contribution < 1.29 is 19.4 Å². The van der Waals surface area contributed by atoms with Crippen molar-refractivity contribution in [3.8, 4) is 11.5 Å². The van der Waals surface area contributed by atoms with E-state index in [4.69, 9.17) is 14.6 Å². The number of anilines is 1. The number of hydrogen-bond donors (Lipinski definition) is 2. The van der Waals surface area contributed by atoms with Crippen LogP contribution in [0.15, 0.2) is 18.2 Å². The van der Waals surface area contributed by atoms with Crippen LogP contribution in [-0.4, -0.2) is 24.4 Å². The third kappa shape index (κ3) is 2.67. The highest BCUT2D eigenvalue weighted by atomic mass is 16.7. The molecule has 0 spiro atoms. The molecule has 2 rings (SSSR count). The van der Waals surface area contributed by atoms with Gasteiger partial charge in [-0.25, -0.2) is 0 Å². The fourth-order valence-corrected chi connectivity index (χ4v) is 1.63. The van der Waals surface area contributed by atoms with Gasteiger partial charge in [0, 0.05) is 18.3 Å². The summed E-state index contributed by atoms with van der Waals surface area (Å²) in [5, 5.41) is 12.2. The minimum absolute atomic E-state index is 0.255. The fraction of sp³-hybridized carbons (Fsp3) is 0.462. The number of carbonyl (C=O) groups is 1. The molecule has 1 aliphatic heterocycles. The molecule has 1 aromatic rings. The van der Waals surface area contributed by atoms with Gasteiger partial charge in [-0.3, -0.25) is 4.79 Å². The number of hydrogen-bond acceptors (Lipinski definition) is 4. The maximum Gasteiger partial charge on any atom is 0.309 e. The van der Waals surface area contributed by atoms with Gasteiger partial charge in [-0.15, -0.1) is 0 Å². The number of carboxylic acid groups (broad SMARTS) is 1. The SMILES string of the molecule is CC(C)(CCNc1ccc2c(c1)OCO2)C(=O)O. The number of fused-ring (bicyclic) bond motifs is 1. The number of carboxylic acids is 1. The van der Waals surface area contributed by atoms with Crippen LogP contribution < -0.4 is 14.8 Å². The Morgan fingerprint density at radius 1 is 1.39 bits per heavy atom. The zero-order valence-electron chi connectivity index (χ0n) is 10.5. The summed E-state index contributed by atoms with van der Waals surface area (Å²) in [7, 11) is 0. The van der Waals surface area contributed by atoms with Crippen molar-refractivity contribution in [3.05, 3.63) is 18.2 Å². The van der Waals surface area contributed by atoms with Crippen molar-refractivity contribution in [2.75, 3.05) is 18.7 Å². The zero-order chi connectivity index (χ0) is 13.2. The first kappa shape index (κ1) is 12.5. The van der Waals surface area contributed by atoms with Crippen LogP contribution >= 0.6 is 0 Å². The summed E-state index contributed by atoms with van der Waals surface area (Å²) in [5.41, 5.74) is 0.184. The first-order valence-electron chi connectivity index (χ1n) is 5.86. The smallest absolute Gasteiger partial charge is 0.309 e. The van der Waals surface area contributed by atoms with Crippen molar-refractivity contribution in [2.45, 2.75) is 20.3 Å². The van der Waals surface area contributed by atoms with Gasteiger partial charge in [0.05, 0.1) is 5.41 Å². The fourth-order valence-electron chi connectivity index (χ4n) is 1.63. The Bertz CT molecular complexity index is 456. The number of aliphatic carboxylic acids is 1. The molecule has 1 aromatic carbocycles. The van der Waals surface area contributed by atoms with E-state index in [-0.39, 0.29) is 6.79 Å². The molecule has 1 heterocycles. The summed E-state index contributed by atoms with van der Waals surface area (Å²) in [4.78, 5) is 11.0. The monoisotopic (exact) mass is 251 g/mol. The van der Waals surface area contributed by atoms with Gasteiger partial charge in [-0.05, 0) is 32.4 Å². The lowest BCUT2D eigenvalue weighted by atomic mass is 9.90. The number of ether oxygens (including phenoxy) is 2. The van der Waals surface area contributed by atoms with Gasteiger partial charge in [0.2, 0.25) is 6.79 Å². The molecule has 98 valence electrons. The summed E-state index contributed by atoms with van der Waals surface area (Å²) in [6.07, 6.45) is 0.552. The predicted octanol–water partition coefficient (Wildman–Crippen LogP) is 2.33. The van der Waals surface area contributed by atoms with Gasteiger partial charge < -0.3 is 19.9 Å². The molecular weight excluding hydrogens is 234 g/mol. The average Bonchev–Trinajstić information content (AvgIpc) is 2.75. The average molecular weight is 251 g/mol. The molecule has 0 bridgehead atoms. The van der Waals surface area contributed by atoms with E-state index in [1.54, 1.807) is 13.8 Å². The van der Waals surface area contributed by atoms with E-state index in [1.807, 2.05) is 18.2 Å². The van der Waals surface area contributed by atoms with Crippen molar-refractivity contribution >= 4 is 11.7 Å². The van der Waals surface area contributed by atoms with Gasteiger partial charge in [0.25, 0.3) is 0 Å². The van der Waals surface area contributed by atoms with E-state index in [2.05, 4.69) is 5.32 Å². The van der Waals surface area contributed by atoms with Gasteiger partial charge >= 0.3 is 5.97 Å². The second-order valence-corrected chi connectivity index (χ2v) is 4.93. The van der Waals surface area contributed by atoms with Crippen LogP contribution in [-0.2, 0) is 4.79 Å². The van der Waals surface area contributed by atoms with E-state index in [0.29, 0.717) is 13.0 Å². The molecule has 1 aliphatic rings. The summed E-state index contributed by atoms with van der Waals surface area (Å²) in [6, 6.07) is 5.59. The second-order valence-electron chi connectivity index (χ2n) is 4.93. The van der Waals surface area contributed by atoms with Gasteiger partial charge in [-0.1, -0.05) is 0 Å². The molecule has 0 saturated carbocycles. The van der Waals surface area contributed by atoms with E-state index in [0.717, 1.165) is 17.2 Å². The molecule has 0 fully saturated rings. The summed E-state index contributed by atoms with van der Waals surface area (Å²) >= 11 is 0. The van der Waals surface area contributed by atoms with E-state index < -0.39 is 11.4 Å². The van der Waals surface area contributed by atoms with Crippen LogP contribution in [0.3, 0.4) is 0 Å². The molecule has 0 saturated heterocycles. The maximum atomic E-state index is 11.0. The van der Waals surface area contributed by atoms with Crippen molar-refractivity contribution in [1.82, 2.24) is 0 Å². The largest absolute Gasteiger partial charge is 0.481 e. The Morgan fingerprint density at radius 3 is 2.83 bits per heavy atom. The zero-order valence-corrected chi connectivity index (χ0v) is 10.5. The number of rotatable bonds is 5. The highest BCUT2D eigenvalue weighted by molar-refractivity contribution is 5.73. The third-order valence-corrected chi connectivity index (χ3v) is 3.03. The lowest BCUT2D eigenvalue weighted by Gasteiger charge is -2.19. The maximum absolute atomic E-state index is 11.0. The Balaban J connectivity index is 1.89. The van der Waals surface area contributed by atoms with Gasteiger partial charge in [0.1, 0.15) is 0 Å². The Hall–Kier alpha value is -1.91. The summed E-state index contributed by atoms with van der Waals surface area (Å²) in [5.74, 6) is 0.680. The number of nitrogens with one attached hydrogen (secondary N) is 1. The molecule has 2 N–H and O–H groups in total. The molecular formula is C13H17NO4. The van der Waals surface area contributed by atoms with E-state index >= 15 is 0 Å². The molecule has 0 unspecified atom stereocenters. The van der Waals surface area contributed by atoms with Crippen LogP contribution in [0.5, 0.6) is 11.5 Å². The molecule has 0 atom stereocenters. The normalized spacial score (nSPS) is 13.4. The van der Waals surface area contributed by atoms with Crippen LogP contribution in [0.2, 0.25) is 0 Å².